The van der Waals surface area contributed by atoms with Crippen LogP contribution in [0.3, 0.4) is 0 Å². The van der Waals surface area contributed by atoms with Crippen molar-refractivity contribution in [3.05, 3.63) is 0 Å². The Balaban J connectivity index is 2.01. The van der Waals surface area contributed by atoms with Crippen molar-refractivity contribution < 1.29 is 9.90 Å². The first-order chi connectivity index (χ1) is 8.34. The lowest BCUT2D eigenvalue weighted by atomic mass is 9.64. The summed E-state index contributed by atoms with van der Waals surface area (Å²) in [7, 11) is 0. The Morgan fingerprint density at radius 3 is 2.50 bits per heavy atom. The average Bonchev–Trinajstić information content (AvgIpc) is 2.97. The van der Waals surface area contributed by atoms with E-state index in [1.54, 1.807) is 0 Å². The van der Waals surface area contributed by atoms with Gasteiger partial charge in [-0.15, -0.1) is 0 Å². The molecule has 2 saturated carbocycles. The van der Waals surface area contributed by atoms with Crippen molar-refractivity contribution in [1.29, 1.82) is 0 Å². The zero-order valence-electron chi connectivity index (χ0n) is 11.8. The number of carbonyl (C=O) groups is 1. The van der Waals surface area contributed by atoms with Crippen molar-refractivity contribution in [3.8, 4) is 0 Å². The molecule has 2 rings (SSSR count). The summed E-state index contributed by atoms with van der Waals surface area (Å²) in [6, 6.07) is 0.242. The quantitative estimate of drug-likeness (QED) is 0.721. The minimum absolute atomic E-state index is 0.0266. The number of urea groups is 1. The fourth-order valence-corrected chi connectivity index (χ4v) is 3.69. The molecule has 2 amide bonds. The first-order valence-electron chi connectivity index (χ1n) is 7.04. The lowest BCUT2D eigenvalue weighted by Crippen LogP contribution is -2.59. The van der Waals surface area contributed by atoms with Crippen molar-refractivity contribution in [2.24, 2.45) is 11.3 Å². The molecule has 2 fully saturated rings. The Morgan fingerprint density at radius 1 is 1.33 bits per heavy atom. The zero-order chi connectivity index (χ0) is 13.4. The van der Waals surface area contributed by atoms with Crippen LogP contribution in [0, 0.1) is 11.3 Å². The molecule has 4 nitrogen and oxygen atoms in total. The van der Waals surface area contributed by atoms with E-state index < -0.39 is 5.54 Å². The maximum atomic E-state index is 11.9. The highest BCUT2D eigenvalue weighted by Gasteiger charge is 2.43. The standard InChI is InChI=1S/C14H26N2O2/c1-10-6-13(2,3)8-14(7-10,9-17)16-12(18)15-11-4-5-11/h10-11,17H,4-9H2,1-3H3,(H2,15,16,18)/t10-,14+/m0/s1. The summed E-state index contributed by atoms with van der Waals surface area (Å²) in [5.74, 6) is 0.530. The maximum Gasteiger partial charge on any atom is 0.315 e. The Kier molecular flexibility index (Phi) is 3.58. The van der Waals surface area contributed by atoms with Crippen LogP contribution in [0.5, 0.6) is 0 Å². The molecule has 18 heavy (non-hydrogen) atoms. The predicted octanol–water partition coefficient (Wildman–Crippen LogP) is 2.03. The van der Waals surface area contributed by atoms with Gasteiger partial charge in [0.05, 0.1) is 12.1 Å². The largest absolute Gasteiger partial charge is 0.394 e. The van der Waals surface area contributed by atoms with E-state index in [-0.39, 0.29) is 18.1 Å². The highest BCUT2D eigenvalue weighted by Crippen LogP contribution is 2.43. The lowest BCUT2D eigenvalue weighted by molar-refractivity contribution is 0.0432. The van der Waals surface area contributed by atoms with E-state index >= 15 is 0 Å². The summed E-state index contributed by atoms with van der Waals surface area (Å²) < 4.78 is 0. The molecule has 4 heteroatoms. The van der Waals surface area contributed by atoms with E-state index in [0.717, 1.165) is 32.1 Å². The molecule has 0 aromatic carbocycles. The summed E-state index contributed by atoms with van der Waals surface area (Å²) in [5.41, 5.74) is -0.270. The number of aliphatic hydroxyl groups excluding tert-OH is 1. The monoisotopic (exact) mass is 254 g/mol. The number of carbonyl (C=O) groups excluding carboxylic acids is 1. The van der Waals surface area contributed by atoms with Crippen molar-refractivity contribution in [2.75, 3.05) is 6.61 Å². The highest BCUT2D eigenvalue weighted by molar-refractivity contribution is 5.75. The Morgan fingerprint density at radius 2 is 2.00 bits per heavy atom. The Labute approximate surface area is 110 Å². The van der Waals surface area contributed by atoms with E-state index in [4.69, 9.17) is 0 Å². The molecule has 104 valence electrons. The second-order valence-corrected chi connectivity index (χ2v) is 7.17. The van der Waals surface area contributed by atoms with Gasteiger partial charge in [-0.25, -0.2) is 4.79 Å². The van der Waals surface area contributed by atoms with Gasteiger partial charge in [0.1, 0.15) is 0 Å². The molecule has 0 aromatic rings. The Bertz CT molecular complexity index is 326. The maximum absolute atomic E-state index is 11.9. The fourth-order valence-electron chi connectivity index (χ4n) is 3.69. The number of hydrogen-bond acceptors (Lipinski definition) is 2. The molecule has 2 aliphatic carbocycles. The topological polar surface area (TPSA) is 61.4 Å². The number of amides is 2. The van der Waals surface area contributed by atoms with Crippen LogP contribution in [0.25, 0.3) is 0 Å². The van der Waals surface area contributed by atoms with Gasteiger partial charge in [0.2, 0.25) is 0 Å². The normalized spacial score (nSPS) is 35.0. The average molecular weight is 254 g/mol. The van der Waals surface area contributed by atoms with E-state index in [1.165, 1.54) is 0 Å². The molecule has 2 aliphatic rings. The second-order valence-electron chi connectivity index (χ2n) is 7.17. The molecular formula is C14H26N2O2. The van der Waals surface area contributed by atoms with Crippen LogP contribution in [0.1, 0.15) is 52.9 Å². The molecular weight excluding hydrogens is 228 g/mol. The van der Waals surface area contributed by atoms with Crippen LogP contribution in [-0.4, -0.2) is 29.3 Å². The van der Waals surface area contributed by atoms with Gasteiger partial charge >= 0.3 is 6.03 Å². The fraction of sp³-hybridized carbons (Fsp3) is 0.929. The lowest BCUT2D eigenvalue weighted by Gasteiger charge is -2.47. The van der Waals surface area contributed by atoms with Crippen molar-refractivity contribution in [3.63, 3.8) is 0 Å². The van der Waals surface area contributed by atoms with E-state index in [0.29, 0.717) is 12.0 Å². The van der Waals surface area contributed by atoms with Gasteiger partial charge in [-0.1, -0.05) is 20.8 Å². The summed E-state index contributed by atoms with van der Waals surface area (Å²) in [6.45, 7) is 6.66. The zero-order valence-corrected chi connectivity index (χ0v) is 11.8. The van der Waals surface area contributed by atoms with Gasteiger partial charge in [0.25, 0.3) is 0 Å². The number of hydrogen-bond donors (Lipinski definition) is 3. The van der Waals surface area contributed by atoms with Crippen LogP contribution >= 0.6 is 0 Å². The first-order valence-corrected chi connectivity index (χ1v) is 7.04. The minimum atomic E-state index is -0.444. The molecule has 0 bridgehead atoms. The number of aliphatic hydroxyl groups is 1. The van der Waals surface area contributed by atoms with Crippen molar-refractivity contribution >= 4 is 6.03 Å². The van der Waals surface area contributed by atoms with E-state index in [1.807, 2.05) is 0 Å². The third kappa shape index (κ3) is 3.37. The molecule has 0 spiro atoms. The van der Waals surface area contributed by atoms with Gasteiger partial charge in [-0.2, -0.15) is 0 Å². The van der Waals surface area contributed by atoms with Crippen LogP contribution in [0.2, 0.25) is 0 Å². The minimum Gasteiger partial charge on any atom is -0.394 e. The Hall–Kier alpha value is -0.770. The van der Waals surface area contributed by atoms with Crippen molar-refractivity contribution in [1.82, 2.24) is 10.6 Å². The summed E-state index contributed by atoms with van der Waals surface area (Å²) in [5, 5.41) is 15.7. The van der Waals surface area contributed by atoms with Crippen LogP contribution < -0.4 is 10.6 Å². The van der Waals surface area contributed by atoms with Crippen LogP contribution in [0.15, 0.2) is 0 Å². The summed E-state index contributed by atoms with van der Waals surface area (Å²) in [6.07, 6.45) is 5.04. The second kappa shape index (κ2) is 4.72. The molecule has 0 unspecified atom stereocenters. The SMILES string of the molecule is C[C@H]1CC(C)(C)C[C@](CO)(NC(=O)NC2CC2)C1. The van der Waals surface area contributed by atoms with Crippen LogP contribution in [0.4, 0.5) is 4.79 Å². The highest BCUT2D eigenvalue weighted by atomic mass is 16.3. The summed E-state index contributed by atoms with van der Waals surface area (Å²) >= 11 is 0. The number of rotatable bonds is 3. The molecule has 0 heterocycles. The predicted molar refractivity (Wildman–Crippen MR) is 71.3 cm³/mol. The first kappa shape index (κ1) is 13.7. The van der Waals surface area contributed by atoms with Crippen molar-refractivity contribution in [2.45, 2.75) is 64.5 Å². The molecule has 2 atom stereocenters. The van der Waals surface area contributed by atoms with Gasteiger partial charge in [0.15, 0.2) is 0 Å². The van der Waals surface area contributed by atoms with E-state index in [2.05, 4.69) is 31.4 Å². The van der Waals surface area contributed by atoms with Gasteiger partial charge < -0.3 is 15.7 Å². The smallest absolute Gasteiger partial charge is 0.315 e. The van der Waals surface area contributed by atoms with Crippen LogP contribution in [-0.2, 0) is 0 Å². The van der Waals surface area contributed by atoms with Gasteiger partial charge in [-0.05, 0) is 43.4 Å². The third-order valence-corrected chi connectivity index (χ3v) is 4.05. The third-order valence-electron chi connectivity index (χ3n) is 4.05. The molecule has 3 N–H and O–H groups in total. The molecule has 0 radical (unpaired) electrons. The summed E-state index contributed by atoms with van der Waals surface area (Å²) in [4.78, 5) is 11.9. The molecule has 0 aromatic heterocycles. The van der Waals surface area contributed by atoms with Gasteiger partial charge in [0, 0.05) is 6.04 Å². The molecule has 0 saturated heterocycles. The number of nitrogens with one attached hydrogen (secondary N) is 2. The molecule has 0 aliphatic heterocycles. The van der Waals surface area contributed by atoms with E-state index in [9.17, 15) is 9.90 Å². The van der Waals surface area contributed by atoms with Gasteiger partial charge in [-0.3, -0.25) is 0 Å².